The summed E-state index contributed by atoms with van der Waals surface area (Å²) in [5, 5.41) is 10.3. The van der Waals surface area contributed by atoms with Gasteiger partial charge in [-0.15, -0.1) is 0 Å². The molecule has 3 aromatic rings. The second kappa shape index (κ2) is 9.03. The Morgan fingerprint density at radius 1 is 1.03 bits per heavy atom. The molecule has 2 aromatic carbocycles. The number of fused-ring (bicyclic) bond motifs is 4. The number of hydrogen-bond donors (Lipinski definition) is 1. The molecule has 2 saturated heterocycles. The smallest absolute Gasteiger partial charge is 0.195 e. The summed E-state index contributed by atoms with van der Waals surface area (Å²) in [7, 11) is 2.25. The van der Waals surface area contributed by atoms with Crippen LogP contribution in [0.3, 0.4) is 0 Å². The van der Waals surface area contributed by atoms with Gasteiger partial charge < -0.3 is 14.8 Å². The molecule has 1 aromatic heterocycles. The SMILES string of the molecule is CCc1cc2c(cc1N1CCC(C3CCN(C)CC3)CC1)C(C)(C)c1[nH]c3cc(C#N)ccc3c1C2=O. The summed E-state index contributed by atoms with van der Waals surface area (Å²) in [6.07, 6.45) is 6.14. The molecule has 0 unspecified atom stereocenters. The third-order valence-corrected chi connectivity index (χ3v) is 9.61. The van der Waals surface area contributed by atoms with Crippen LogP contribution in [0.2, 0.25) is 0 Å². The van der Waals surface area contributed by atoms with Gasteiger partial charge in [0.2, 0.25) is 0 Å². The summed E-state index contributed by atoms with van der Waals surface area (Å²) in [6.45, 7) is 11.3. The zero-order valence-corrected chi connectivity index (χ0v) is 22.7. The number of likely N-dealkylation sites (tertiary alicyclic amines) is 1. The molecule has 3 aliphatic rings. The van der Waals surface area contributed by atoms with Gasteiger partial charge in [-0.05, 0) is 99.5 Å². The van der Waals surface area contributed by atoms with Crippen molar-refractivity contribution in [2.75, 3.05) is 38.1 Å². The van der Waals surface area contributed by atoms with E-state index >= 15 is 0 Å². The van der Waals surface area contributed by atoms with Crippen molar-refractivity contribution in [1.29, 1.82) is 5.26 Å². The third-order valence-electron chi connectivity index (χ3n) is 9.61. The Labute approximate surface area is 220 Å². The number of nitrogens with zero attached hydrogens (tertiary/aromatic N) is 3. The standard InChI is InChI=1S/C32H38N4O/c1-5-21-17-25-26(18-28(21)36-14-10-23(11-15-36)22-8-12-35(4)13-9-22)32(2,3)31-29(30(25)37)24-7-6-20(19-33)16-27(24)34-31/h6-7,16-18,22-23,34H,5,8-15H2,1-4H3. The zero-order valence-electron chi connectivity index (χ0n) is 22.7. The van der Waals surface area contributed by atoms with Gasteiger partial charge in [-0.3, -0.25) is 4.79 Å². The normalized spacial score (nSPS) is 20.6. The zero-order chi connectivity index (χ0) is 25.9. The predicted octanol–water partition coefficient (Wildman–Crippen LogP) is 6.03. The van der Waals surface area contributed by atoms with Crippen LogP contribution >= 0.6 is 0 Å². The van der Waals surface area contributed by atoms with Crippen molar-refractivity contribution in [3.63, 3.8) is 0 Å². The lowest BCUT2D eigenvalue weighted by atomic mass is 9.70. The fourth-order valence-corrected chi connectivity index (χ4v) is 7.27. The number of aromatic nitrogens is 1. The first-order chi connectivity index (χ1) is 17.8. The first-order valence-corrected chi connectivity index (χ1v) is 14.0. The molecule has 0 bridgehead atoms. The molecule has 37 heavy (non-hydrogen) atoms. The van der Waals surface area contributed by atoms with Crippen molar-refractivity contribution in [3.8, 4) is 6.07 Å². The largest absolute Gasteiger partial charge is 0.371 e. The second-order valence-corrected chi connectivity index (χ2v) is 12.0. The lowest BCUT2D eigenvalue weighted by Crippen LogP contribution is -2.40. The molecule has 3 heterocycles. The number of carbonyl (C=O) groups is 1. The summed E-state index contributed by atoms with van der Waals surface area (Å²) in [6, 6.07) is 12.3. The molecule has 2 fully saturated rings. The third kappa shape index (κ3) is 3.89. The van der Waals surface area contributed by atoms with Gasteiger partial charge in [-0.1, -0.05) is 26.8 Å². The van der Waals surface area contributed by atoms with Gasteiger partial charge in [0.15, 0.2) is 5.78 Å². The highest BCUT2D eigenvalue weighted by Gasteiger charge is 2.41. The summed E-state index contributed by atoms with van der Waals surface area (Å²) < 4.78 is 0. The van der Waals surface area contributed by atoms with E-state index in [0.717, 1.165) is 64.6 Å². The Morgan fingerprint density at radius 3 is 2.35 bits per heavy atom. The minimum Gasteiger partial charge on any atom is -0.371 e. The van der Waals surface area contributed by atoms with E-state index in [4.69, 9.17) is 0 Å². The monoisotopic (exact) mass is 494 g/mol. The summed E-state index contributed by atoms with van der Waals surface area (Å²) >= 11 is 0. The minimum atomic E-state index is -0.335. The van der Waals surface area contributed by atoms with E-state index in [-0.39, 0.29) is 11.2 Å². The van der Waals surface area contributed by atoms with Gasteiger partial charge in [0, 0.05) is 46.4 Å². The molecule has 2 aliphatic heterocycles. The molecule has 5 heteroatoms. The van der Waals surface area contributed by atoms with Crippen LogP contribution in [0.5, 0.6) is 0 Å². The Morgan fingerprint density at radius 2 is 1.70 bits per heavy atom. The van der Waals surface area contributed by atoms with E-state index in [2.05, 4.69) is 60.8 Å². The van der Waals surface area contributed by atoms with Gasteiger partial charge in [0.05, 0.1) is 17.2 Å². The molecule has 6 rings (SSSR count). The molecule has 1 N–H and O–H groups in total. The number of piperidine rings is 2. The molecule has 192 valence electrons. The number of nitrogens with one attached hydrogen (secondary N) is 1. The van der Waals surface area contributed by atoms with Crippen LogP contribution in [0.4, 0.5) is 5.69 Å². The number of aryl methyl sites for hydroxylation is 1. The number of benzene rings is 2. The highest BCUT2D eigenvalue weighted by molar-refractivity contribution is 6.20. The molecule has 0 saturated carbocycles. The van der Waals surface area contributed by atoms with Crippen molar-refractivity contribution >= 4 is 22.4 Å². The molecule has 0 amide bonds. The van der Waals surface area contributed by atoms with Gasteiger partial charge in [0.1, 0.15) is 0 Å². The molecule has 1 aliphatic carbocycles. The molecule has 0 atom stereocenters. The maximum atomic E-state index is 13.9. The number of carbonyl (C=O) groups excluding carboxylic acids is 1. The summed E-state index contributed by atoms with van der Waals surface area (Å²) in [5.41, 5.74) is 7.41. The Balaban J connectivity index is 1.34. The second-order valence-electron chi connectivity index (χ2n) is 12.0. The number of H-pyrrole nitrogens is 1. The number of hydrogen-bond acceptors (Lipinski definition) is 4. The Bertz CT molecular complexity index is 1410. The summed E-state index contributed by atoms with van der Waals surface area (Å²) in [5.74, 6) is 1.83. The van der Waals surface area contributed by atoms with Gasteiger partial charge >= 0.3 is 0 Å². The van der Waals surface area contributed by atoms with Crippen molar-refractivity contribution < 1.29 is 4.79 Å². The lowest BCUT2D eigenvalue weighted by molar-refractivity contribution is 0.103. The Kier molecular flexibility index (Phi) is 5.92. The average Bonchev–Trinajstić information content (AvgIpc) is 3.32. The van der Waals surface area contributed by atoms with Gasteiger partial charge in [-0.25, -0.2) is 0 Å². The van der Waals surface area contributed by atoms with Gasteiger partial charge in [0.25, 0.3) is 0 Å². The van der Waals surface area contributed by atoms with Crippen LogP contribution in [0.25, 0.3) is 10.9 Å². The van der Waals surface area contributed by atoms with Crippen molar-refractivity contribution in [3.05, 3.63) is 63.8 Å². The van der Waals surface area contributed by atoms with E-state index in [0.29, 0.717) is 5.56 Å². The van der Waals surface area contributed by atoms with E-state index in [1.165, 1.54) is 50.0 Å². The van der Waals surface area contributed by atoms with Crippen molar-refractivity contribution in [2.45, 2.75) is 58.3 Å². The fourth-order valence-electron chi connectivity index (χ4n) is 7.27. The van der Waals surface area contributed by atoms with Crippen LogP contribution in [-0.2, 0) is 11.8 Å². The van der Waals surface area contributed by atoms with E-state index in [9.17, 15) is 10.1 Å². The Hall–Kier alpha value is -3.10. The molecule has 0 radical (unpaired) electrons. The molecule has 0 spiro atoms. The van der Waals surface area contributed by atoms with Crippen molar-refractivity contribution in [2.24, 2.45) is 11.8 Å². The highest BCUT2D eigenvalue weighted by Crippen LogP contribution is 2.46. The minimum absolute atomic E-state index is 0.0995. The van der Waals surface area contributed by atoms with E-state index in [1.54, 1.807) is 0 Å². The predicted molar refractivity (Wildman–Crippen MR) is 150 cm³/mol. The number of ketones is 1. The fraction of sp³-hybridized carbons (Fsp3) is 0.500. The maximum Gasteiger partial charge on any atom is 0.195 e. The number of aromatic amines is 1. The van der Waals surface area contributed by atoms with Crippen LogP contribution in [0, 0.1) is 23.2 Å². The van der Waals surface area contributed by atoms with Crippen LogP contribution in [0.15, 0.2) is 30.3 Å². The van der Waals surface area contributed by atoms with E-state index in [1.807, 2.05) is 18.2 Å². The van der Waals surface area contributed by atoms with Crippen LogP contribution < -0.4 is 4.90 Å². The first-order valence-electron chi connectivity index (χ1n) is 14.0. The van der Waals surface area contributed by atoms with Crippen LogP contribution in [-0.4, -0.2) is 48.9 Å². The molecular formula is C32H38N4O. The topological polar surface area (TPSA) is 63.1 Å². The summed E-state index contributed by atoms with van der Waals surface area (Å²) in [4.78, 5) is 22.5. The maximum absolute atomic E-state index is 13.9. The van der Waals surface area contributed by atoms with E-state index < -0.39 is 0 Å². The average molecular weight is 495 g/mol. The van der Waals surface area contributed by atoms with Gasteiger partial charge in [-0.2, -0.15) is 5.26 Å². The molecular weight excluding hydrogens is 456 g/mol. The van der Waals surface area contributed by atoms with Crippen molar-refractivity contribution in [1.82, 2.24) is 9.88 Å². The first kappa shape index (κ1) is 24.2. The number of anilines is 1. The quantitative estimate of drug-likeness (QED) is 0.483. The molecule has 5 nitrogen and oxygen atoms in total. The van der Waals surface area contributed by atoms with Crippen LogP contribution in [0.1, 0.15) is 84.8 Å². The number of nitriles is 1. The highest BCUT2D eigenvalue weighted by atomic mass is 16.1. The number of rotatable bonds is 3. The lowest BCUT2D eigenvalue weighted by Gasteiger charge is -2.41.